The minimum absolute atomic E-state index is 0.0952. The van der Waals surface area contributed by atoms with Crippen molar-refractivity contribution in [3.8, 4) is 0 Å². The second kappa shape index (κ2) is 8.38. The van der Waals surface area contributed by atoms with E-state index in [0.717, 1.165) is 24.8 Å². The normalized spacial score (nSPS) is 22.6. The second-order valence-electron chi connectivity index (χ2n) is 4.80. The van der Waals surface area contributed by atoms with E-state index in [1.807, 2.05) is 4.90 Å². The van der Waals surface area contributed by atoms with Crippen LogP contribution in [0.15, 0.2) is 0 Å². The number of alkyl halides is 3. The van der Waals surface area contributed by atoms with Gasteiger partial charge in [0.15, 0.2) is 0 Å². The Kier molecular flexibility index (Phi) is 7.55. The summed E-state index contributed by atoms with van der Waals surface area (Å²) in [6.45, 7) is 2.55. The van der Waals surface area contributed by atoms with Crippen molar-refractivity contribution in [3.63, 3.8) is 0 Å². The lowest BCUT2D eigenvalue weighted by molar-refractivity contribution is 0.0822. The Balaban J connectivity index is 2.28. The Labute approximate surface area is 111 Å². The summed E-state index contributed by atoms with van der Waals surface area (Å²) in [5.74, 6) is 0. The molecule has 2 nitrogen and oxygen atoms in total. The number of rotatable bonds is 7. The van der Waals surface area contributed by atoms with Crippen LogP contribution in [0.5, 0.6) is 0 Å². The van der Waals surface area contributed by atoms with Gasteiger partial charge in [-0.3, -0.25) is 4.90 Å². The van der Waals surface area contributed by atoms with Crippen molar-refractivity contribution in [2.75, 3.05) is 38.6 Å². The number of hydrogen-bond acceptors (Lipinski definition) is 2. The van der Waals surface area contributed by atoms with Crippen LogP contribution < -0.4 is 0 Å². The van der Waals surface area contributed by atoms with E-state index < -0.39 is 6.43 Å². The Bertz CT molecular complexity index is 205. The number of hydrogen-bond donors (Lipinski definition) is 0. The van der Waals surface area contributed by atoms with Crippen molar-refractivity contribution in [1.29, 1.82) is 0 Å². The molecule has 1 heterocycles. The van der Waals surface area contributed by atoms with Crippen molar-refractivity contribution in [2.45, 2.75) is 38.2 Å². The third kappa shape index (κ3) is 6.11. The molecule has 0 radical (unpaired) electrons. The zero-order valence-corrected chi connectivity index (χ0v) is 12.1. The lowest BCUT2D eigenvalue weighted by Crippen LogP contribution is -2.40. The van der Waals surface area contributed by atoms with Gasteiger partial charge in [-0.1, -0.05) is 22.4 Å². The predicted octanol–water partition coefficient (Wildman–Crippen LogP) is 2.82. The standard InChI is InChI=1S/C12H23BrF2N2/c1-16-7-3-2-4-11(16)5-8-17(9-6-13)10-12(14)15/h11-12H,2-10H2,1H3. The summed E-state index contributed by atoms with van der Waals surface area (Å²) in [6.07, 6.45) is 2.55. The molecule has 0 amide bonds. The molecular weight excluding hydrogens is 290 g/mol. The van der Waals surface area contributed by atoms with Crippen LogP contribution in [0.4, 0.5) is 8.78 Å². The smallest absolute Gasteiger partial charge is 0.251 e. The highest BCUT2D eigenvalue weighted by molar-refractivity contribution is 9.09. The molecule has 0 saturated carbocycles. The monoisotopic (exact) mass is 312 g/mol. The molecule has 0 aromatic carbocycles. The lowest BCUT2D eigenvalue weighted by atomic mass is 10.00. The van der Waals surface area contributed by atoms with E-state index >= 15 is 0 Å². The summed E-state index contributed by atoms with van der Waals surface area (Å²) in [4.78, 5) is 4.24. The molecule has 0 aromatic rings. The van der Waals surface area contributed by atoms with Crippen molar-refractivity contribution in [1.82, 2.24) is 9.80 Å². The largest absolute Gasteiger partial charge is 0.303 e. The van der Waals surface area contributed by atoms with E-state index in [9.17, 15) is 8.78 Å². The highest BCUT2D eigenvalue weighted by atomic mass is 79.9. The van der Waals surface area contributed by atoms with Crippen LogP contribution >= 0.6 is 15.9 Å². The molecule has 1 aliphatic rings. The zero-order valence-electron chi connectivity index (χ0n) is 10.5. The van der Waals surface area contributed by atoms with E-state index in [2.05, 4.69) is 27.9 Å². The molecule has 17 heavy (non-hydrogen) atoms. The van der Waals surface area contributed by atoms with Gasteiger partial charge in [0.05, 0.1) is 6.54 Å². The molecule has 0 bridgehead atoms. The zero-order chi connectivity index (χ0) is 12.7. The summed E-state index contributed by atoms with van der Waals surface area (Å²) in [5, 5.41) is 0.764. The van der Waals surface area contributed by atoms with Gasteiger partial charge in [-0.15, -0.1) is 0 Å². The fourth-order valence-electron chi connectivity index (χ4n) is 2.45. The van der Waals surface area contributed by atoms with Gasteiger partial charge in [-0.05, 0) is 39.4 Å². The molecule has 102 valence electrons. The number of piperidine rings is 1. The summed E-state index contributed by atoms with van der Waals surface area (Å²) >= 11 is 3.32. The van der Waals surface area contributed by atoms with Gasteiger partial charge in [-0.2, -0.15) is 0 Å². The van der Waals surface area contributed by atoms with Crippen molar-refractivity contribution in [2.24, 2.45) is 0 Å². The minimum Gasteiger partial charge on any atom is -0.303 e. The van der Waals surface area contributed by atoms with Crippen LogP contribution in [0.25, 0.3) is 0 Å². The van der Waals surface area contributed by atoms with Crippen LogP contribution in [-0.2, 0) is 0 Å². The van der Waals surface area contributed by atoms with Crippen LogP contribution in [0.3, 0.4) is 0 Å². The maximum Gasteiger partial charge on any atom is 0.251 e. The summed E-state index contributed by atoms with van der Waals surface area (Å²) < 4.78 is 24.8. The molecule has 1 fully saturated rings. The first-order valence-electron chi connectivity index (χ1n) is 6.40. The summed E-state index contributed by atoms with van der Waals surface area (Å²) in [7, 11) is 2.14. The van der Waals surface area contributed by atoms with E-state index in [1.165, 1.54) is 19.3 Å². The van der Waals surface area contributed by atoms with Gasteiger partial charge in [0.1, 0.15) is 0 Å². The lowest BCUT2D eigenvalue weighted by Gasteiger charge is -2.34. The predicted molar refractivity (Wildman–Crippen MR) is 71.1 cm³/mol. The summed E-state index contributed by atoms with van der Waals surface area (Å²) in [6, 6.07) is 0.583. The van der Waals surface area contributed by atoms with Crippen LogP contribution in [0.2, 0.25) is 0 Å². The van der Waals surface area contributed by atoms with Crippen molar-refractivity contribution >= 4 is 15.9 Å². The Morgan fingerprint density at radius 1 is 1.35 bits per heavy atom. The Morgan fingerprint density at radius 2 is 2.12 bits per heavy atom. The van der Waals surface area contributed by atoms with E-state index in [4.69, 9.17) is 0 Å². The minimum atomic E-state index is -2.22. The fraction of sp³-hybridized carbons (Fsp3) is 1.00. The number of nitrogens with zero attached hydrogens (tertiary/aromatic N) is 2. The van der Waals surface area contributed by atoms with Crippen LogP contribution in [0, 0.1) is 0 Å². The molecule has 0 aliphatic carbocycles. The van der Waals surface area contributed by atoms with E-state index in [-0.39, 0.29) is 6.54 Å². The average molecular weight is 313 g/mol. The first-order chi connectivity index (χ1) is 8.13. The molecule has 1 rings (SSSR count). The van der Waals surface area contributed by atoms with Gasteiger partial charge >= 0.3 is 0 Å². The van der Waals surface area contributed by atoms with Crippen molar-refractivity contribution in [3.05, 3.63) is 0 Å². The highest BCUT2D eigenvalue weighted by Gasteiger charge is 2.20. The van der Waals surface area contributed by atoms with Crippen molar-refractivity contribution < 1.29 is 8.78 Å². The SMILES string of the molecule is CN1CCCCC1CCN(CCBr)CC(F)F. The summed E-state index contributed by atoms with van der Waals surface area (Å²) in [5.41, 5.74) is 0. The molecule has 0 aromatic heterocycles. The molecule has 5 heteroatoms. The van der Waals surface area contributed by atoms with Crippen LogP contribution in [-0.4, -0.2) is 60.8 Å². The highest BCUT2D eigenvalue weighted by Crippen LogP contribution is 2.18. The van der Waals surface area contributed by atoms with Gasteiger partial charge in [-0.25, -0.2) is 8.78 Å². The third-order valence-corrected chi connectivity index (χ3v) is 3.85. The topological polar surface area (TPSA) is 6.48 Å². The molecule has 1 aliphatic heterocycles. The first kappa shape index (κ1) is 15.3. The molecule has 1 atom stereocenters. The van der Waals surface area contributed by atoms with Gasteiger partial charge in [0.2, 0.25) is 0 Å². The average Bonchev–Trinajstić information content (AvgIpc) is 2.27. The van der Waals surface area contributed by atoms with Gasteiger partial charge in [0, 0.05) is 17.9 Å². The Hall–Kier alpha value is 0.260. The van der Waals surface area contributed by atoms with Gasteiger partial charge in [0.25, 0.3) is 6.43 Å². The maximum absolute atomic E-state index is 12.4. The third-order valence-electron chi connectivity index (χ3n) is 3.50. The number of halogens is 3. The van der Waals surface area contributed by atoms with Crippen LogP contribution in [0.1, 0.15) is 25.7 Å². The fourth-order valence-corrected chi connectivity index (χ4v) is 2.95. The Morgan fingerprint density at radius 3 is 2.71 bits per heavy atom. The van der Waals surface area contributed by atoms with Gasteiger partial charge < -0.3 is 4.90 Å². The quantitative estimate of drug-likeness (QED) is 0.667. The molecule has 1 unspecified atom stereocenters. The first-order valence-corrected chi connectivity index (χ1v) is 7.52. The maximum atomic E-state index is 12.4. The molecule has 0 N–H and O–H groups in total. The van der Waals surface area contributed by atoms with E-state index in [0.29, 0.717) is 12.6 Å². The molecule has 0 spiro atoms. The number of likely N-dealkylation sites (tertiary alicyclic amines) is 1. The second-order valence-corrected chi connectivity index (χ2v) is 5.59. The van der Waals surface area contributed by atoms with E-state index in [1.54, 1.807) is 0 Å². The molecular formula is C12H23BrF2N2. The molecule has 1 saturated heterocycles.